The van der Waals surface area contributed by atoms with Gasteiger partial charge in [0.25, 0.3) is 6.71 Å². The fourth-order valence-corrected chi connectivity index (χ4v) is 16.2. The van der Waals surface area contributed by atoms with Gasteiger partial charge in [0, 0.05) is 101 Å². The summed E-state index contributed by atoms with van der Waals surface area (Å²) < 4.78 is 2.41. The molecule has 12 heteroatoms. The van der Waals surface area contributed by atoms with Crippen LogP contribution in [0, 0.1) is 0 Å². The number of fused-ring (bicyclic) bond motifs is 7. The first kappa shape index (κ1) is 65.2. The summed E-state index contributed by atoms with van der Waals surface area (Å²) in [5.74, 6) is 4.03. The summed E-state index contributed by atoms with van der Waals surface area (Å²) in [6.45, 7) is -0.0196. The van der Waals surface area contributed by atoms with Crippen LogP contribution in [-0.4, -0.2) is 51.2 Å². The number of benzene rings is 15. The largest absolute Gasteiger partial charge is 0.311 e. The highest BCUT2D eigenvalue weighted by Crippen LogP contribution is 2.48. The minimum Gasteiger partial charge on any atom is -0.311 e. The molecule has 2 aliphatic heterocycles. The van der Waals surface area contributed by atoms with E-state index in [1.807, 2.05) is 146 Å². The van der Waals surface area contributed by atoms with Gasteiger partial charge in [0.05, 0.1) is 28.1 Å². The molecule has 0 bridgehead atoms. The summed E-state index contributed by atoms with van der Waals surface area (Å²) in [6.07, 6.45) is 0. The second-order valence-electron chi connectivity index (χ2n) is 28.2. The summed E-state index contributed by atoms with van der Waals surface area (Å²) in [4.78, 5) is 47.0. The van der Waals surface area contributed by atoms with Crippen molar-refractivity contribution < 1.29 is 0 Å². The number of hydrogen-bond donors (Lipinski definition) is 0. The smallest absolute Gasteiger partial charge is 0.252 e. The topological polar surface area (TPSA) is 115 Å². The summed E-state index contributed by atoms with van der Waals surface area (Å²) in [7, 11) is 0. The van der Waals surface area contributed by atoms with E-state index >= 15 is 0 Å². The van der Waals surface area contributed by atoms with Crippen molar-refractivity contribution in [2.24, 2.45) is 0 Å². The SMILES string of the molecule is c1ccc(-c2cc(-c3ccc(-n4c5ccc(-c6nc(-c7ccccc7)nc(-c7ccccc7)n6)cc5c5cc(-c6nc(-c7ccccc7)nc(-c7ccccc7)n6)ccc54)c(-c4ccc(-c5cc6c7c(c5)N(c5ccccc5)c5ccccc5B7c5ccccc5N6c5ccccc5)cc4)c3)nc(-c3ccccc3)n2)cc1. The van der Waals surface area contributed by atoms with Gasteiger partial charge in [0.1, 0.15) is 0 Å². The Morgan fingerprint density at radius 1 is 0.196 bits per heavy atom. The van der Waals surface area contributed by atoms with E-state index in [9.17, 15) is 0 Å². The second-order valence-corrected chi connectivity index (χ2v) is 28.2. The molecule has 0 saturated carbocycles. The Balaban J connectivity index is 0.794. The molecule has 112 heavy (non-hydrogen) atoms. The molecular formula is C100H64BN11. The molecule has 522 valence electrons. The van der Waals surface area contributed by atoms with E-state index in [-0.39, 0.29) is 6.71 Å². The molecule has 0 saturated heterocycles. The van der Waals surface area contributed by atoms with Gasteiger partial charge in [0.15, 0.2) is 40.8 Å². The van der Waals surface area contributed by atoms with Crippen molar-refractivity contribution in [2.75, 3.05) is 9.80 Å². The average Bonchev–Trinajstić information content (AvgIpc) is 0.919. The molecule has 0 atom stereocenters. The van der Waals surface area contributed by atoms with Crippen LogP contribution in [0.2, 0.25) is 0 Å². The Bertz CT molecular complexity index is 6330. The van der Waals surface area contributed by atoms with Crippen molar-refractivity contribution in [3.05, 3.63) is 388 Å². The van der Waals surface area contributed by atoms with E-state index < -0.39 is 0 Å². The first-order chi connectivity index (χ1) is 55.5. The fraction of sp³-hybridized carbons (Fsp3) is 0. The van der Waals surface area contributed by atoms with Crippen molar-refractivity contribution in [3.63, 3.8) is 0 Å². The lowest BCUT2D eigenvalue weighted by Crippen LogP contribution is -2.61. The van der Waals surface area contributed by atoms with Gasteiger partial charge in [-0.1, -0.05) is 285 Å². The van der Waals surface area contributed by atoms with Gasteiger partial charge in [-0.25, -0.2) is 39.9 Å². The Labute approximate surface area is 647 Å². The Morgan fingerprint density at radius 2 is 0.518 bits per heavy atom. The molecule has 6 heterocycles. The monoisotopic (exact) mass is 1430 g/mol. The number of nitrogens with zero attached hydrogens (tertiary/aromatic N) is 11. The third-order valence-electron chi connectivity index (χ3n) is 21.5. The van der Waals surface area contributed by atoms with Gasteiger partial charge < -0.3 is 14.4 Å². The van der Waals surface area contributed by atoms with Crippen LogP contribution < -0.4 is 26.2 Å². The van der Waals surface area contributed by atoms with Gasteiger partial charge >= 0.3 is 0 Å². The van der Waals surface area contributed by atoms with E-state index in [4.69, 9.17) is 39.9 Å². The van der Waals surface area contributed by atoms with E-state index in [0.29, 0.717) is 40.8 Å². The highest BCUT2D eigenvalue weighted by molar-refractivity contribution is 7.00. The number of rotatable bonds is 14. The molecule has 19 aromatic rings. The zero-order valence-electron chi connectivity index (χ0n) is 60.4. The molecular weight excluding hydrogens is 1370 g/mol. The van der Waals surface area contributed by atoms with Crippen LogP contribution in [-0.2, 0) is 0 Å². The maximum atomic E-state index is 5.45. The predicted octanol–water partition coefficient (Wildman–Crippen LogP) is 22.4. The lowest BCUT2D eigenvalue weighted by atomic mass is 9.33. The van der Waals surface area contributed by atoms with Gasteiger partial charge in [-0.2, -0.15) is 0 Å². The summed E-state index contributed by atoms with van der Waals surface area (Å²) in [5.41, 5.74) is 27.2. The third kappa shape index (κ3) is 11.6. The zero-order valence-corrected chi connectivity index (χ0v) is 60.4. The van der Waals surface area contributed by atoms with Crippen LogP contribution >= 0.6 is 0 Å². The summed E-state index contributed by atoms with van der Waals surface area (Å²) in [6, 6.07) is 137. The van der Waals surface area contributed by atoms with Crippen molar-refractivity contribution in [1.29, 1.82) is 0 Å². The van der Waals surface area contributed by atoms with Crippen LogP contribution in [0.1, 0.15) is 0 Å². The predicted molar refractivity (Wildman–Crippen MR) is 457 cm³/mol. The zero-order chi connectivity index (χ0) is 74.0. The van der Waals surface area contributed by atoms with E-state index in [0.717, 1.165) is 145 Å². The Morgan fingerprint density at radius 3 is 0.929 bits per heavy atom. The molecule has 0 N–H and O–H groups in total. The Kier molecular flexibility index (Phi) is 16.1. The minimum atomic E-state index is -0.0196. The van der Waals surface area contributed by atoms with Gasteiger partial charge in [-0.05, 0) is 136 Å². The average molecular weight is 1430 g/mol. The van der Waals surface area contributed by atoms with E-state index in [1.54, 1.807) is 0 Å². The molecule has 21 rings (SSSR count). The molecule has 0 fully saturated rings. The lowest BCUT2D eigenvalue weighted by Gasteiger charge is -2.44. The number of hydrogen-bond acceptors (Lipinski definition) is 10. The van der Waals surface area contributed by atoms with Gasteiger partial charge in [-0.3, -0.25) is 0 Å². The molecule has 15 aromatic carbocycles. The minimum absolute atomic E-state index is 0.0196. The first-order valence-electron chi connectivity index (χ1n) is 37.7. The summed E-state index contributed by atoms with van der Waals surface area (Å²) >= 11 is 0. The van der Waals surface area contributed by atoms with Crippen molar-refractivity contribution >= 4 is 79.0 Å². The molecule has 2 aliphatic rings. The highest BCUT2D eigenvalue weighted by atomic mass is 15.2. The van der Waals surface area contributed by atoms with E-state index in [1.165, 1.54) is 16.4 Å². The third-order valence-corrected chi connectivity index (χ3v) is 21.5. The normalized spacial score (nSPS) is 12.1. The van der Waals surface area contributed by atoms with Crippen LogP contribution in [0.15, 0.2) is 388 Å². The maximum absolute atomic E-state index is 5.45. The maximum Gasteiger partial charge on any atom is 0.252 e. The van der Waals surface area contributed by atoms with Gasteiger partial charge in [-0.15, -0.1) is 0 Å². The van der Waals surface area contributed by atoms with Crippen LogP contribution in [0.3, 0.4) is 0 Å². The molecule has 0 aliphatic carbocycles. The molecule has 11 nitrogen and oxygen atoms in total. The fourth-order valence-electron chi connectivity index (χ4n) is 16.2. The number of para-hydroxylation sites is 4. The second kappa shape index (κ2) is 27.6. The molecule has 0 radical (unpaired) electrons. The number of anilines is 6. The Hall–Kier alpha value is -15.1. The van der Waals surface area contributed by atoms with Crippen LogP contribution in [0.25, 0.3) is 152 Å². The summed E-state index contributed by atoms with van der Waals surface area (Å²) in [5, 5.41) is 1.94. The van der Waals surface area contributed by atoms with Crippen molar-refractivity contribution in [3.8, 4) is 130 Å². The molecule has 4 aromatic heterocycles. The van der Waals surface area contributed by atoms with E-state index in [2.05, 4.69) is 257 Å². The highest BCUT2D eigenvalue weighted by Gasteiger charge is 2.43. The lowest BCUT2D eigenvalue weighted by molar-refractivity contribution is 1.07. The first-order valence-corrected chi connectivity index (χ1v) is 37.7. The molecule has 0 amide bonds. The van der Waals surface area contributed by atoms with Crippen molar-refractivity contribution in [1.82, 2.24) is 44.4 Å². The standard InChI is InChI=1S/C100H64BN11/c1-9-29-67(30-10-1)84-64-85(103-94(102-84)68-31-11-2-12-32-68)73-53-56-86(79(59-73)66-51-49-65(50-52-66)76-62-91-93-92(63-76)111(78-43-23-8-24-44-78)90-48-28-26-46-83(90)101(93)82-45-25-27-47-89(82)110(91)77-41-21-7-22-42-77)112-87-57-54-74(99-106-95(69-33-13-3-14-34-69)104-96(107-99)70-35-15-4-16-36-70)60-80(87)81-61-75(55-58-88(81)112)100-108-97(71-37-17-5-18-38-71)105-98(109-100)72-39-19-6-20-40-72/h1-64H. The van der Waals surface area contributed by atoms with Crippen molar-refractivity contribution in [2.45, 2.75) is 0 Å². The van der Waals surface area contributed by atoms with Crippen LogP contribution in [0.4, 0.5) is 34.1 Å². The van der Waals surface area contributed by atoms with Gasteiger partial charge in [0.2, 0.25) is 0 Å². The number of aromatic nitrogens is 9. The van der Waals surface area contributed by atoms with Crippen LogP contribution in [0.5, 0.6) is 0 Å². The quantitative estimate of drug-likeness (QED) is 0.0975. The molecule has 0 unspecified atom stereocenters. The molecule has 0 spiro atoms.